The third kappa shape index (κ3) is 4.50. The average Bonchev–Trinajstić information content (AvgIpc) is 3.35. The quantitative estimate of drug-likeness (QED) is 0.881. The summed E-state index contributed by atoms with van der Waals surface area (Å²) < 4.78 is 6.14. The van der Waals surface area contributed by atoms with Crippen molar-refractivity contribution >= 4 is 5.91 Å². The predicted molar refractivity (Wildman–Crippen MR) is 104 cm³/mol. The molecule has 1 N–H and O–H groups in total. The Morgan fingerprint density at radius 2 is 1.85 bits per heavy atom. The first-order valence-electron chi connectivity index (χ1n) is 9.96. The fraction of sp³-hybridized carbons (Fsp3) is 0.524. The number of ether oxygens (including phenoxy) is 1. The molecule has 3 heterocycles. The number of nitrogens with one attached hydrogen (secondary N) is 1. The van der Waals surface area contributed by atoms with Crippen LogP contribution in [-0.2, 0) is 6.54 Å². The summed E-state index contributed by atoms with van der Waals surface area (Å²) >= 11 is 0. The Hall–Kier alpha value is -2.34. The molecule has 0 spiro atoms. The van der Waals surface area contributed by atoms with Crippen LogP contribution in [0.3, 0.4) is 0 Å². The van der Waals surface area contributed by atoms with Crippen LogP contribution < -0.4 is 4.74 Å². The van der Waals surface area contributed by atoms with E-state index in [2.05, 4.69) is 21.2 Å². The average molecular weight is 368 g/mol. The monoisotopic (exact) mass is 368 g/mol. The highest BCUT2D eigenvalue weighted by atomic mass is 16.5. The number of likely N-dealkylation sites (tertiary alicyclic amines) is 2. The maximum Gasteiger partial charge on any atom is 0.253 e. The van der Waals surface area contributed by atoms with Gasteiger partial charge in [-0.15, -0.1) is 0 Å². The van der Waals surface area contributed by atoms with Gasteiger partial charge >= 0.3 is 0 Å². The highest BCUT2D eigenvalue weighted by molar-refractivity contribution is 5.94. The highest BCUT2D eigenvalue weighted by Gasteiger charge is 2.22. The number of hydrogen-bond donors (Lipinski definition) is 1. The summed E-state index contributed by atoms with van der Waals surface area (Å²) in [7, 11) is 0. The Labute approximate surface area is 160 Å². The molecule has 4 rings (SSSR count). The lowest BCUT2D eigenvalue weighted by Crippen LogP contribution is -2.37. The molecular weight excluding hydrogens is 340 g/mol. The van der Waals surface area contributed by atoms with Crippen LogP contribution in [-0.4, -0.2) is 58.2 Å². The summed E-state index contributed by atoms with van der Waals surface area (Å²) in [6, 6.07) is 9.76. The van der Waals surface area contributed by atoms with Gasteiger partial charge in [0.05, 0.1) is 5.69 Å². The second-order valence-corrected chi connectivity index (χ2v) is 7.66. The standard InChI is InChI=1S/C21H28N4O2/c1-16-14-18(23-22-16)15-24-12-8-20(9-13-24)27-19-6-4-17(5-7-19)21(26)25-10-2-3-11-25/h4-7,14,20H,2-3,8-13,15H2,1H3,(H,22,23). The van der Waals surface area contributed by atoms with Crippen molar-refractivity contribution in [2.45, 2.75) is 45.3 Å². The van der Waals surface area contributed by atoms with Crippen LogP contribution in [0.25, 0.3) is 0 Å². The number of piperidine rings is 1. The number of carbonyl (C=O) groups excluding carboxylic acids is 1. The van der Waals surface area contributed by atoms with Gasteiger partial charge in [0.2, 0.25) is 0 Å². The second kappa shape index (κ2) is 8.13. The lowest BCUT2D eigenvalue weighted by molar-refractivity contribution is 0.0792. The van der Waals surface area contributed by atoms with Crippen molar-refractivity contribution in [3.05, 3.63) is 47.3 Å². The van der Waals surface area contributed by atoms with Crippen LogP contribution in [0, 0.1) is 6.92 Å². The van der Waals surface area contributed by atoms with Crippen molar-refractivity contribution in [3.8, 4) is 5.75 Å². The molecule has 0 radical (unpaired) electrons. The molecule has 1 amide bonds. The Morgan fingerprint density at radius 3 is 2.48 bits per heavy atom. The fourth-order valence-electron chi connectivity index (χ4n) is 3.94. The molecule has 2 aliphatic heterocycles. The van der Waals surface area contributed by atoms with Gasteiger partial charge < -0.3 is 9.64 Å². The van der Waals surface area contributed by atoms with E-state index in [4.69, 9.17) is 4.74 Å². The molecular formula is C21H28N4O2. The predicted octanol–water partition coefficient (Wildman–Crippen LogP) is 3.00. The van der Waals surface area contributed by atoms with Crippen LogP contribution >= 0.6 is 0 Å². The number of amides is 1. The third-order valence-corrected chi connectivity index (χ3v) is 5.48. The van der Waals surface area contributed by atoms with Crippen LogP contribution in [0.4, 0.5) is 0 Å². The van der Waals surface area contributed by atoms with Gasteiger partial charge in [-0.2, -0.15) is 5.10 Å². The van der Waals surface area contributed by atoms with Crippen molar-refractivity contribution in [2.75, 3.05) is 26.2 Å². The van der Waals surface area contributed by atoms with Gasteiger partial charge in [-0.1, -0.05) is 0 Å². The minimum atomic E-state index is 0.140. The number of rotatable bonds is 5. The fourth-order valence-corrected chi connectivity index (χ4v) is 3.94. The zero-order chi connectivity index (χ0) is 18.6. The number of aromatic nitrogens is 2. The highest BCUT2D eigenvalue weighted by Crippen LogP contribution is 2.21. The molecule has 27 heavy (non-hydrogen) atoms. The molecule has 144 valence electrons. The smallest absolute Gasteiger partial charge is 0.253 e. The van der Waals surface area contributed by atoms with Crippen LogP contribution in [0.15, 0.2) is 30.3 Å². The Balaban J connectivity index is 1.25. The first kappa shape index (κ1) is 18.0. The number of benzene rings is 1. The largest absolute Gasteiger partial charge is 0.490 e. The van der Waals surface area contributed by atoms with Gasteiger partial charge in [0.15, 0.2) is 0 Å². The van der Waals surface area contributed by atoms with E-state index in [9.17, 15) is 4.79 Å². The van der Waals surface area contributed by atoms with E-state index in [0.29, 0.717) is 0 Å². The van der Waals surface area contributed by atoms with Crippen LogP contribution in [0.5, 0.6) is 5.75 Å². The van der Waals surface area contributed by atoms with Gasteiger partial charge in [0.1, 0.15) is 11.9 Å². The van der Waals surface area contributed by atoms with E-state index in [1.807, 2.05) is 36.1 Å². The molecule has 2 aliphatic rings. The summed E-state index contributed by atoms with van der Waals surface area (Å²) in [5.74, 6) is 0.996. The van der Waals surface area contributed by atoms with E-state index in [1.54, 1.807) is 0 Å². The summed E-state index contributed by atoms with van der Waals surface area (Å²) in [6.45, 7) is 6.72. The Kier molecular flexibility index (Phi) is 5.43. The molecule has 1 aromatic carbocycles. The topological polar surface area (TPSA) is 61.5 Å². The summed E-state index contributed by atoms with van der Waals surface area (Å²) in [4.78, 5) is 16.8. The lowest BCUT2D eigenvalue weighted by atomic mass is 10.1. The van der Waals surface area contributed by atoms with Crippen molar-refractivity contribution in [1.29, 1.82) is 0 Å². The van der Waals surface area contributed by atoms with Crippen molar-refractivity contribution in [3.63, 3.8) is 0 Å². The van der Waals surface area contributed by atoms with Gasteiger partial charge in [-0.05, 0) is 62.9 Å². The van der Waals surface area contributed by atoms with E-state index >= 15 is 0 Å². The van der Waals surface area contributed by atoms with E-state index in [-0.39, 0.29) is 12.0 Å². The van der Waals surface area contributed by atoms with Gasteiger partial charge in [-0.3, -0.25) is 14.8 Å². The maximum absolute atomic E-state index is 12.4. The molecule has 2 saturated heterocycles. The normalized spacial score (nSPS) is 18.8. The minimum absolute atomic E-state index is 0.140. The van der Waals surface area contributed by atoms with Crippen molar-refractivity contribution in [1.82, 2.24) is 20.0 Å². The number of carbonyl (C=O) groups is 1. The SMILES string of the molecule is Cc1cc(CN2CCC(Oc3ccc(C(=O)N4CCCC4)cc3)CC2)n[nH]1. The molecule has 6 heteroatoms. The zero-order valence-electron chi connectivity index (χ0n) is 16.0. The van der Waals surface area contributed by atoms with E-state index < -0.39 is 0 Å². The molecule has 0 unspecified atom stereocenters. The Morgan fingerprint density at radius 1 is 1.15 bits per heavy atom. The summed E-state index contributed by atoms with van der Waals surface area (Å²) in [5, 5.41) is 7.32. The second-order valence-electron chi connectivity index (χ2n) is 7.66. The maximum atomic E-state index is 12.4. The van der Waals surface area contributed by atoms with Crippen molar-refractivity contribution in [2.24, 2.45) is 0 Å². The van der Waals surface area contributed by atoms with Gasteiger partial charge in [0.25, 0.3) is 5.91 Å². The summed E-state index contributed by atoms with van der Waals surface area (Å²) in [5.41, 5.74) is 2.97. The van der Waals surface area contributed by atoms with E-state index in [0.717, 1.165) is 81.1 Å². The molecule has 0 saturated carbocycles. The zero-order valence-corrected chi connectivity index (χ0v) is 16.0. The van der Waals surface area contributed by atoms with Gasteiger partial charge in [0, 0.05) is 44.0 Å². The first-order valence-corrected chi connectivity index (χ1v) is 9.96. The molecule has 0 atom stereocenters. The number of H-pyrrole nitrogens is 1. The number of aryl methyl sites for hydroxylation is 1. The molecule has 0 aliphatic carbocycles. The van der Waals surface area contributed by atoms with Crippen molar-refractivity contribution < 1.29 is 9.53 Å². The number of aromatic amines is 1. The van der Waals surface area contributed by atoms with Gasteiger partial charge in [-0.25, -0.2) is 0 Å². The number of nitrogens with zero attached hydrogens (tertiary/aromatic N) is 3. The molecule has 0 bridgehead atoms. The minimum Gasteiger partial charge on any atom is -0.490 e. The molecule has 2 fully saturated rings. The lowest BCUT2D eigenvalue weighted by Gasteiger charge is -2.31. The van der Waals surface area contributed by atoms with Crippen LogP contribution in [0.2, 0.25) is 0 Å². The third-order valence-electron chi connectivity index (χ3n) is 5.48. The summed E-state index contributed by atoms with van der Waals surface area (Å²) in [6.07, 6.45) is 4.49. The number of hydrogen-bond acceptors (Lipinski definition) is 4. The molecule has 6 nitrogen and oxygen atoms in total. The molecule has 2 aromatic rings. The van der Waals surface area contributed by atoms with Crippen LogP contribution in [0.1, 0.15) is 47.4 Å². The Bertz CT molecular complexity index is 757. The molecule has 1 aromatic heterocycles. The van der Waals surface area contributed by atoms with E-state index in [1.165, 1.54) is 0 Å². The first-order chi connectivity index (χ1) is 13.2.